The number of amides is 1. The van der Waals surface area contributed by atoms with Crippen LogP contribution in [0, 0.1) is 0 Å². The first-order chi connectivity index (χ1) is 12.7. The van der Waals surface area contributed by atoms with Gasteiger partial charge in [0.05, 0.1) is 0 Å². The zero-order valence-electron chi connectivity index (χ0n) is 14.5. The van der Waals surface area contributed by atoms with Crippen molar-refractivity contribution in [3.05, 3.63) is 65.3 Å². The maximum atomic E-state index is 12.6. The Morgan fingerprint density at radius 1 is 1.04 bits per heavy atom. The second-order valence-electron chi connectivity index (χ2n) is 6.64. The first-order valence-electron chi connectivity index (χ1n) is 8.93. The van der Waals surface area contributed by atoms with Crippen LogP contribution in [0.1, 0.15) is 18.4 Å². The van der Waals surface area contributed by atoms with Crippen LogP contribution >= 0.6 is 23.4 Å². The number of fused-ring (bicyclic) bond motifs is 1. The van der Waals surface area contributed by atoms with Gasteiger partial charge in [0.2, 0.25) is 5.91 Å². The SMILES string of the molecule is O=C(Cn1cc(SCc2ccc(Cl)cc2)c2ccccc21)N1CCCC1. The molecule has 1 fully saturated rings. The molecule has 0 bridgehead atoms. The topological polar surface area (TPSA) is 25.2 Å². The molecule has 0 unspecified atom stereocenters. The minimum atomic E-state index is 0.220. The van der Waals surface area contributed by atoms with Crippen molar-refractivity contribution in [3.63, 3.8) is 0 Å². The van der Waals surface area contributed by atoms with E-state index in [0.29, 0.717) is 6.54 Å². The van der Waals surface area contributed by atoms with Gasteiger partial charge < -0.3 is 9.47 Å². The van der Waals surface area contributed by atoms with Crippen LogP contribution < -0.4 is 0 Å². The highest BCUT2D eigenvalue weighted by molar-refractivity contribution is 7.98. The molecule has 2 heterocycles. The Hall–Kier alpha value is -1.91. The molecule has 4 rings (SSSR count). The number of halogens is 1. The molecule has 0 N–H and O–H groups in total. The molecule has 0 spiro atoms. The third-order valence-corrected chi connectivity index (χ3v) is 6.19. The van der Waals surface area contributed by atoms with Gasteiger partial charge in [-0.2, -0.15) is 0 Å². The third-order valence-electron chi connectivity index (χ3n) is 4.82. The monoisotopic (exact) mass is 384 g/mol. The molecule has 3 nitrogen and oxygen atoms in total. The molecule has 3 aromatic rings. The van der Waals surface area contributed by atoms with E-state index in [2.05, 4.69) is 41.1 Å². The van der Waals surface area contributed by atoms with Gasteiger partial charge in [-0.25, -0.2) is 0 Å². The summed E-state index contributed by atoms with van der Waals surface area (Å²) >= 11 is 7.77. The summed E-state index contributed by atoms with van der Waals surface area (Å²) in [6.45, 7) is 2.22. The van der Waals surface area contributed by atoms with Gasteiger partial charge in [0, 0.05) is 45.9 Å². The van der Waals surface area contributed by atoms with Crippen LogP contribution in [0.4, 0.5) is 0 Å². The number of rotatable bonds is 5. The van der Waals surface area contributed by atoms with Crippen LogP contribution in [0.5, 0.6) is 0 Å². The smallest absolute Gasteiger partial charge is 0.242 e. The van der Waals surface area contributed by atoms with E-state index in [1.165, 1.54) is 15.8 Å². The lowest BCUT2D eigenvalue weighted by molar-refractivity contribution is -0.130. The average Bonchev–Trinajstić information content (AvgIpc) is 3.30. The van der Waals surface area contributed by atoms with Gasteiger partial charge in [0.15, 0.2) is 0 Å². The Balaban J connectivity index is 1.55. The summed E-state index contributed by atoms with van der Waals surface area (Å²) in [5.41, 5.74) is 2.36. The molecule has 2 aromatic carbocycles. The van der Waals surface area contributed by atoms with Crippen LogP contribution in [0.25, 0.3) is 10.9 Å². The molecule has 0 radical (unpaired) electrons. The molecule has 134 valence electrons. The lowest BCUT2D eigenvalue weighted by Gasteiger charge is -2.15. The molecule has 0 atom stereocenters. The molecular formula is C21H21ClN2OS. The normalized spacial score (nSPS) is 14.3. The van der Waals surface area contributed by atoms with Gasteiger partial charge in [-0.1, -0.05) is 41.9 Å². The number of thioether (sulfide) groups is 1. The number of benzene rings is 2. The van der Waals surface area contributed by atoms with Crippen LogP contribution in [-0.4, -0.2) is 28.5 Å². The van der Waals surface area contributed by atoms with Crippen molar-refractivity contribution in [1.82, 2.24) is 9.47 Å². The van der Waals surface area contributed by atoms with E-state index in [1.54, 1.807) is 11.8 Å². The standard InChI is InChI=1S/C21H21ClN2OS/c22-17-9-7-16(8-10-17)15-26-20-13-24(19-6-2-1-5-18(19)20)14-21(25)23-11-3-4-12-23/h1-2,5-10,13H,3-4,11-12,14-15H2. The van der Waals surface area contributed by atoms with E-state index in [-0.39, 0.29) is 5.91 Å². The van der Waals surface area contributed by atoms with E-state index in [4.69, 9.17) is 11.6 Å². The maximum Gasteiger partial charge on any atom is 0.242 e. The molecule has 1 aliphatic rings. The molecule has 5 heteroatoms. The Kier molecular flexibility index (Phi) is 5.23. The molecule has 1 aliphatic heterocycles. The van der Waals surface area contributed by atoms with Crippen LogP contribution in [-0.2, 0) is 17.1 Å². The fourth-order valence-electron chi connectivity index (χ4n) is 3.41. The van der Waals surface area contributed by atoms with Crippen LogP contribution in [0.3, 0.4) is 0 Å². The number of likely N-dealkylation sites (tertiary alicyclic amines) is 1. The van der Waals surface area contributed by atoms with Crippen molar-refractivity contribution in [2.75, 3.05) is 13.1 Å². The molecule has 0 saturated carbocycles. The Labute approximate surface area is 162 Å². The van der Waals surface area contributed by atoms with Crippen molar-refractivity contribution in [2.45, 2.75) is 30.0 Å². The number of carbonyl (C=O) groups excluding carboxylic acids is 1. The summed E-state index contributed by atoms with van der Waals surface area (Å²) in [6.07, 6.45) is 4.37. The van der Waals surface area contributed by atoms with Gasteiger partial charge in [-0.3, -0.25) is 4.79 Å². The van der Waals surface area contributed by atoms with Crippen molar-refractivity contribution >= 4 is 40.2 Å². The number of carbonyl (C=O) groups is 1. The summed E-state index contributed by atoms with van der Waals surface area (Å²) < 4.78 is 2.10. The van der Waals surface area contributed by atoms with E-state index >= 15 is 0 Å². The van der Waals surface area contributed by atoms with E-state index in [9.17, 15) is 4.79 Å². The summed E-state index contributed by atoms with van der Waals surface area (Å²) in [5.74, 6) is 1.10. The molecular weight excluding hydrogens is 364 g/mol. The summed E-state index contributed by atoms with van der Waals surface area (Å²) in [5, 5.41) is 1.97. The van der Waals surface area contributed by atoms with Gasteiger partial charge in [-0.15, -0.1) is 11.8 Å². The number of hydrogen-bond acceptors (Lipinski definition) is 2. The van der Waals surface area contributed by atoms with Crippen LogP contribution in [0.15, 0.2) is 59.6 Å². The number of para-hydroxylation sites is 1. The second-order valence-corrected chi connectivity index (χ2v) is 8.10. The van der Waals surface area contributed by atoms with Gasteiger partial charge in [0.1, 0.15) is 6.54 Å². The lowest BCUT2D eigenvalue weighted by Crippen LogP contribution is -2.30. The van der Waals surface area contributed by atoms with Crippen molar-refractivity contribution in [2.24, 2.45) is 0 Å². The molecule has 26 heavy (non-hydrogen) atoms. The van der Waals surface area contributed by atoms with Crippen molar-refractivity contribution < 1.29 is 4.79 Å². The third kappa shape index (κ3) is 3.76. The van der Waals surface area contributed by atoms with Crippen molar-refractivity contribution in [1.29, 1.82) is 0 Å². The highest BCUT2D eigenvalue weighted by Gasteiger charge is 2.19. The van der Waals surface area contributed by atoms with Gasteiger partial charge in [0.25, 0.3) is 0 Å². The minimum Gasteiger partial charge on any atom is -0.341 e. The number of aromatic nitrogens is 1. The minimum absolute atomic E-state index is 0.220. The predicted molar refractivity (Wildman–Crippen MR) is 109 cm³/mol. The van der Waals surface area contributed by atoms with E-state index in [0.717, 1.165) is 42.2 Å². The predicted octanol–water partition coefficient (Wildman–Crippen LogP) is 5.21. The fourth-order valence-corrected chi connectivity index (χ4v) is 4.58. The first-order valence-corrected chi connectivity index (χ1v) is 10.3. The molecule has 1 aromatic heterocycles. The van der Waals surface area contributed by atoms with Gasteiger partial charge >= 0.3 is 0 Å². The summed E-state index contributed by atoms with van der Waals surface area (Å²) in [7, 11) is 0. The number of hydrogen-bond donors (Lipinski definition) is 0. The molecule has 1 amide bonds. The lowest BCUT2D eigenvalue weighted by atomic mass is 10.2. The summed E-state index contributed by atoms with van der Waals surface area (Å²) in [4.78, 5) is 15.8. The highest BCUT2D eigenvalue weighted by Crippen LogP contribution is 2.32. The first kappa shape index (κ1) is 17.5. The largest absolute Gasteiger partial charge is 0.341 e. The Bertz CT molecular complexity index is 913. The average molecular weight is 385 g/mol. The zero-order chi connectivity index (χ0) is 17.9. The Morgan fingerprint density at radius 3 is 2.54 bits per heavy atom. The fraction of sp³-hybridized carbons (Fsp3) is 0.286. The quantitative estimate of drug-likeness (QED) is 0.564. The van der Waals surface area contributed by atoms with Crippen LogP contribution in [0.2, 0.25) is 5.02 Å². The molecule has 0 aliphatic carbocycles. The highest BCUT2D eigenvalue weighted by atomic mass is 35.5. The second kappa shape index (κ2) is 7.77. The summed E-state index contributed by atoms with van der Waals surface area (Å²) in [6, 6.07) is 16.3. The van der Waals surface area contributed by atoms with E-state index in [1.807, 2.05) is 23.1 Å². The zero-order valence-corrected chi connectivity index (χ0v) is 16.1. The molecule has 1 saturated heterocycles. The van der Waals surface area contributed by atoms with Crippen molar-refractivity contribution in [3.8, 4) is 0 Å². The van der Waals surface area contributed by atoms with Gasteiger partial charge in [-0.05, 0) is 36.6 Å². The van der Waals surface area contributed by atoms with E-state index < -0.39 is 0 Å². The Morgan fingerprint density at radius 2 is 1.77 bits per heavy atom. The number of nitrogens with zero attached hydrogens (tertiary/aromatic N) is 2. The maximum absolute atomic E-state index is 12.6.